The first-order valence-electron chi connectivity index (χ1n) is 11.3. The molecule has 2 heterocycles. The van der Waals surface area contributed by atoms with Crippen molar-refractivity contribution in [3.63, 3.8) is 0 Å². The third-order valence-electron chi connectivity index (χ3n) is 5.23. The lowest BCUT2D eigenvalue weighted by Gasteiger charge is -2.23. The van der Waals surface area contributed by atoms with Crippen LogP contribution < -0.4 is 10.6 Å². The molecule has 1 amide bonds. The van der Waals surface area contributed by atoms with E-state index in [1.54, 1.807) is 6.92 Å². The molecule has 0 radical (unpaired) electrons. The minimum absolute atomic E-state index is 0.0851. The molecule has 176 valence electrons. The van der Waals surface area contributed by atoms with Crippen molar-refractivity contribution < 1.29 is 19.1 Å². The van der Waals surface area contributed by atoms with E-state index in [9.17, 15) is 9.59 Å². The van der Waals surface area contributed by atoms with Crippen LogP contribution >= 0.6 is 0 Å². The maximum atomic E-state index is 12.5. The van der Waals surface area contributed by atoms with Crippen molar-refractivity contribution in [2.45, 2.75) is 26.8 Å². The van der Waals surface area contributed by atoms with Crippen molar-refractivity contribution in [1.82, 2.24) is 10.3 Å². The summed E-state index contributed by atoms with van der Waals surface area (Å²) in [5.74, 6) is -0.296. The molecule has 4 rings (SSSR count). The van der Waals surface area contributed by atoms with Gasteiger partial charge in [0, 0.05) is 24.7 Å². The zero-order valence-corrected chi connectivity index (χ0v) is 19.3. The van der Waals surface area contributed by atoms with Crippen molar-refractivity contribution in [1.29, 1.82) is 0 Å². The van der Waals surface area contributed by atoms with Gasteiger partial charge in [-0.25, -0.2) is 0 Å². The topological polar surface area (TPSA) is 92.3 Å². The summed E-state index contributed by atoms with van der Waals surface area (Å²) in [5.41, 5.74) is 5.01. The predicted molar refractivity (Wildman–Crippen MR) is 129 cm³/mol. The number of ether oxygens (including phenoxy) is 2. The number of hydrogen-bond donors (Lipinski definition) is 2. The summed E-state index contributed by atoms with van der Waals surface area (Å²) in [6.45, 7) is 8.57. The summed E-state index contributed by atoms with van der Waals surface area (Å²) in [7, 11) is 0. The van der Waals surface area contributed by atoms with Gasteiger partial charge in [-0.15, -0.1) is 0 Å². The van der Waals surface area contributed by atoms with Crippen LogP contribution in [0.4, 0.5) is 5.69 Å². The van der Waals surface area contributed by atoms with Crippen molar-refractivity contribution in [2.75, 3.05) is 44.8 Å². The van der Waals surface area contributed by atoms with E-state index in [2.05, 4.69) is 26.5 Å². The summed E-state index contributed by atoms with van der Waals surface area (Å²) in [4.78, 5) is 22.4. The van der Waals surface area contributed by atoms with E-state index in [0.717, 1.165) is 57.1 Å². The number of nitrogens with zero attached hydrogens (tertiary/aromatic N) is 2. The van der Waals surface area contributed by atoms with Crippen LogP contribution in [0.15, 0.2) is 47.6 Å². The largest absolute Gasteiger partial charge is 0.466 e. The fourth-order valence-electron chi connectivity index (χ4n) is 3.50. The molecule has 8 nitrogen and oxygen atoms in total. The quantitative estimate of drug-likeness (QED) is 0.535. The fraction of sp³-hybridized carbons (Fsp3) is 0.400. The van der Waals surface area contributed by atoms with E-state index in [1.807, 2.05) is 47.6 Å². The standard InChI is InChI=1S/C21H24N4O2.C4H8O2/c26-21(18-4-3-17-7-8-22-15-19(17)13-18)24-20-5-1-16(2-6-20)14-23-25-9-11-27-12-10-25;1-3-6-4(2)5/h1-6,13-14,22H,7-12,15H2,(H,24,26);3H2,1-2H3. The van der Waals surface area contributed by atoms with Gasteiger partial charge in [0.05, 0.1) is 39.1 Å². The fourth-order valence-corrected chi connectivity index (χ4v) is 3.50. The minimum Gasteiger partial charge on any atom is -0.466 e. The Balaban J connectivity index is 0.000000454. The highest BCUT2D eigenvalue weighted by molar-refractivity contribution is 6.04. The molecule has 8 heteroatoms. The maximum absolute atomic E-state index is 12.5. The second-order valence-corrected chi connectivity index (χ2v) is 7.72. The molecule has 0 aromatic heterocycles. The van der Waals surface area contributed by atoms with Gasteiger partial charge in [-0.05, 0) is 60.8 Å². The van der Waals surface area contributed by atoms with Gasteiger partial charge in [-0.1, -0.05) is 18.2 Å². The van der Waals surface area contributed by atoms with Crippen LogP contribution in [0.2, 0.25) is 0 Å². The third kappa shape index (κ3) is 8.00. The summed E-state index contributed by atoms with van der Waals surface area (Å²) < 4.78 is 9.72. The van der Waals surface area contributed by atoms with E-state index in [4.69, 9.17) is 4.74 Å². The molecular weight excluding hydrogens is 420 g/mol. The smallest absolute Gasteiger partial charge is 0.302 e. The lowest BCUT2D eigenvalue weighted by Crippen LogP contribution is -2.32. The van der Waals surface area contributed by atoms with Gasteiger partial charge in [-0.2, -0.15) is 5.10 Å². The Kier molecular flexibility index (Phi) is 9.41. The van der Waals surface area contributed by atoms with Crippen LogP contribution in [-0.2, 0) is 27.2 Å². The van der Waals surface area contributed by atoms with E-state index in [1.165, 1.54) is 18.1 Å². The van der Waals surface area contributed by atoms with Gasteiger partial charge in [-0.3, -0.25) is 14.6 Å². The van der Waals surface area contributed by atoms with Crippen LogP contribution in [0.3, 0.4) is 0 Å². The summed E-state index contributed by atoms with van der Waals surface area (Å²) in [6.07, 6.45) is 2.86. The molecule has 1 saturated heterocycles. The average molecular weight is 453 g/mol. The molecule has 1 fully saturated rings. The van der Waals surface area contributed by atoms with Gasteiger partial charge in [0.15, 0.2) is 0 Å². The van der Waals surface area contributed by atoms with Crippen molar-refractivity contribution in [2.24, 2.45) is 5.10 Å². The van der Waals surface area contributed by atoms with E-state index in [-0.39, 0.29) is 11.9 Å². The van der Waals surface area contributed by atoms with Gasteiger partial charge in [0.2, 0.25) is 0 Å². The maximum Gasteiger partial charge on any atom is 0.302 e. The van der Waals surface area contributed by atoms with Gasteiger partial charge < -0.3 is 20.1 Å². The molecule has 0 bridgehead atoms. The monoisotopic (exact) mass is 452 g/mol. The van der Waals surface area contributed by atoms with Crippen molar-refractivity contribution in [3.05, 3.63) is 64.7 Å². The summed E-state index contributed by atoms with van der Waals surface area (Å²) in [6, 6.07) is 13.7. The molecule has 2 N–H and O–H groups in total. The molecule has 33 heavy (non-hydrogen) atoms. The number of anilines is 1. The van der Waals surface area contributed by atoms with Crippen molar-refractivity contribution in [3.8, 4) is 0 Å². The number of rotatable bonds is 5. The molecule has 2 aliphatic heterocycles. The molecular formula is C25H32N4O4. The lowest BCUT2D eigenvalue weighted by molar-refractivity contribution is -0.140. The van der Waals surface area contributed by atoms with Gasteiger partial charge in [0.25, 0.3) is 5.91 Å². The Morgan fingerprint density at radius 1 is 1.15 bits per heavy atom. The Labute approximate surface area is 195 Å². The second kappa shape index (κ2) is 12.7. The number of carbonyl (C=O) groups is 2. The Morgan fingerprint density at radius 2 is 1.91 bits per heavy atom. The number of nitrogens with one attached hydrogen (secondary N) is 2. The minimum atomic E-state index is -0.211. The molecule has 0 spiro atoms. The Hall–Kier alpha value is -3.23. The van der Waals surface area contributed by atoms with Crippen LogP contribution in [0.25, 0.3) is 0 Å². The number of amides is 1. The molecule has 0 aliphatic carbocycles. The first kappa shape index (κ1) is 24.4. The Bertz CT molecular complexity index is 953. The number of fused-ring (bicyclic) bond motifs is 1. The number of hydrazone groups is 1. The molecule has 2 aliphatic rings. The molecule has 0 unspecified atom stereocenters. The van der Waals surface area contributed by atoms with E-state index < -0.39 is 0 Å². The number of carbonyl (C=O) groups excluding carboxylic acids is 2. The number of esters is 1. The summed E-state index contributed by atoms with van der Waals surface area (Å²) >= 11 is 0. The third-order valence-corrected chi connectivity index (χ3v) is 5.23. The first-order valence-corrected chi connectivity index (χ1v) is 11.3. The average Bonchev–Trinajstić information content (AvgIpc) is 2.84. The lowest BCUT2D eigenvalue weighted by atomic mass is 9.98. The first-order chi connectivity index (χ1) is 16.0. The van der Waals surface area contributed by atoms with Crippen LogP contribution in [0, 0.1) is 0 Å². The zero-order valence-electron chi connectivity index (χ0n) is 19.3. The normalized spacial score (nSPS) is 15.3. The Morgan fingerprint density at radius 3 is 2.58 bits per heavy atom. The SMILES string of the molecule is CCOC(C)=O.O=C(Nc1ccc(C=NN2CCOCC2)cc1)c1ccc2c(c1)CNCC2. The van der Waals surface area contributed by atoms with Crippen LogP contribution in [-0.4, -0.2) is 62.6 Å². The van der Waals surface area contributed by atoms with E-state index >= 15 is 0 Å². The molecule has 2 aromatic carbocycles. The van der Waals surface area contributed by atoms with E-state index in [0.29, 0.717) is 12.2 Å². The highest BCUT2D eigenvalue weighted by Gasteiger charge is 2.13. The summed E-state index contributed by atoms with van der Waals surface area (Å²) in [5, 5.41) is 12.8. The number of hydrogen-bond acceptors (Lipinski definition) is 7. The van der Waals surface area contributed by atoms with Crippen molar-refractivity contribution >= 4 is 23.8 Å². The molecule has 2 aromatic rings. The van der Waals surface area contributed by atoms with Gasteiger partial charge >= 0.3 is 5.97 Å². The zero-order chi connectivity index (χ0) is 23.5. The van der Waals surface area contributed by atoms with Crippen LogP contribution in [0.1, 0.15) is 40.9 Å². The van der Waals surface area contributed by atoms with Crippen LogP contribution in [0.5, 0.6) is 0 Å². The molecule has 0 saturated carbocycles. The second-order valence-electron chi connectivity index (χ2n) is 7.72. The van der Waals surface area contributed by atoms with Gasteiger partial charge in [0.1, 0.15) is 0 Å². The highest BCUT2D eigenvalue weighted by Crippen LogP contribution is 2.17. The highest BCUT2D eigenvalue weighted by atomic mass is 16.5. The number of morpholine rings is 1. The molecule has 0 atom stereocenters. The number of benzene rings is 2. The predicted octanol–water partition coefficient (Wildman–Crippen LogP) is 2.82.